The summed E-state index contributed by atoms with van der Waals surface area (Å²) in [5.74, 6) is 2.75. The zero-order chi connectivity index (χ0) is 11.8. The first kappa shape index (κ1) is 13.8. The minimum absolute atomic E-state index is 0.333. The second kappa shape index (κ2) is 7.96. The molecule has 0 aromatic heterocycles. The molecule has 0 aromatic rings. The van der Waals surface area contributed by atoms with Crippen LogP contribution in [0.1, 0.15) is 26.2 Å². The molecule has 1 saturated heterocycles. The average molecular weight is 244 g/mol. The van der Waals surface area contributed by atoms with Gasteiger partial charge in [-0.2, -0.15) is 11.8 Å². The van der Waals surface area contributed by atoms with E-state index in [-0.39, 0.29) is 0 Å². The number of carbonyl (C=O) groups excluding carboxylic acids is 1. The minimum Gasteiger partial charge on any atom is -0.342 e. The van der Waals surface area contributed by atoms with Crippen LogP contribution in [0.5, 0.6) is 0 Å². The Hall–Kier alpha value is -0.220. The molecule has 1 heterocycles. The van der Waals surface area contributed by atoms with Crippen LogP contribution in [0, 0.1) is 5.92 Å². The fourth-order valence-electron chi connectivity index (χ4n) is 2.14. The average Bonchev–Trinajstić information content (AvgIpc) is 2.30. The number of hydrogen-bond acceptors (Lipinski definition) is 3. The van der Waals surface area contributed by atoms with Gasteiger partial charge in [-0.1, -0.05) is 6.92 Å². The van der Waals surface area contributed by atoms with Gasteiger partial charge in [-0.25, -0.2) is 0 Å². The number of thioether (sulfide) groups is 1. The summed E-state index contributed by atoms with van der Waals surface area (Å²) < 4.78 is 0. The molecule has 1 aliphatic heterocycles. The van der Waals surface area contributed by atoms with E-state index in [2.05, 4.69) is 12.2 Å². The Bertz CT molecular complexity index is 209. The van der Waals surface area contributed by atoms with Crippen LogP contribution in [-0.2, 0) is 4.79 Å². The number of nitrogens with one attached hydrogen (secondary N) is 1. The number of carbonyl (C=O) groups is 1. The van der Waals surface area contributed by atoms with Crippen molar-refractivity contribution in [3.8, 4) is 0 Å². The zero-order valence-electron chi connectivity index (χ0n) is 10.5. The van der Waals surface area contributed by atoms with Gasteiger partial charge in [0.2, 0.25) is 5.91 Å². The molecule has 1 atom stereocenters. The highest BCUT2D eigenvalue weighted by molar-refractivity contribution is 7.99. The van der Waals surface area contributed by atoms with Crippen molar-refractivity contribution in [2.75, 3.05) is 38.2 Å². The van der Waals surface area contributed by atoms with E-state index < -0.39 is 0 Å². The normalized spacial score (nSPS) is 21.1. The summed E-state index contributed by atoms with van der Waals surface area (Å²) in [5.41, 5.74) is 0. The summed E-state index contributed by atoms with van der Waals surface area (Å²) in [7, 11) is 1.98. The van der Waals surface area contributed by atoms with E-state index in [1.165, 1.54) is 6.42 Å². The SMILES string of the molecule is CCCSCC(=O)N1CCCC(CNC)C1. The van der Waals surface area contributed by atoms with Crippen LogP contribution in [-0.4, -0.2) is 49.0 Å². The Morgan fingerprint density at radius 3 is 3.06 bits per heavy atom. The predicted molar refractivity (Wildman–Crippen MR) is 70.8 cm³/mol. The Balaban J connectivity index is 2.26. The first-order chi connectivity index (χ1) is 7.77. The van der Waals surface area contributed by atoms with Crippen molar-refractivity contribution in [1.29, 1.82) is 0 Å². The van der Waals surface area contributed by atoms with E-state index >= 15 is 0 Å². The second-order valence-corrected chi connectivity index (χ2v) is 5.56. The molecule has 0 bridgehead atoms. The third kappa shape index (κ3) is 4.74. The van der Waals surface area contributed by atoms with E-state index in [1.807, 2.05) is 11.9 Å². The first-order valence-corrected chi connectivity index (χ1v) is 7.43. The number of likely N-dealkylation sites (tertiary alicyclic amines) is 1. The molecule has 1 amide bonds. The largest absolute Gasteiger partial charge is 0.342 e. The van der Waals surface area contributed by atoms with Crippen molar-refractivity contribution in [3.05, 3.63) is 0 Å². The fourth-order valence-corrected chi connectivity index (χ4v) is 2.93. The van der Waals surface area contributed by atoms with Gasteiger partial charge in [-0.05, 0) is 44.5 Å². The van der Waals surface area contributed by atoms with Gasteiger partial charge >= 0.3 is 0 Å². The topological polar surface area (TPSA) is 32.3 Å². The monoisotopic (exact) mass is 244 g/mol. The number of piperidine rings is 1. The smallest absolute Gasteiger partial charge is 0.232 e. The van der Waals surface area contributed by atoms with Crippen LogP contribution in [0.2, 0.25) is 0 Å². The van der Waals surface area contributed by atoms with Crippen molar-refractivity contribution >= 4 is 17.7 Å². The van der Waals surface area contributed by atoms with Crippen LogP contribution in [0.25, 0.3) is 0 Å². The van der Waals surface area contributed by atoms with Crippen molar-refractivity contribution in [3.63, 3.8) is 0 Å². The van der Waals surface area contributed by atoms with Gasteiger partial charge in [-0.15, -0.1) is 0 Å². The van der Waals surface area contributed by atoms with Gasteiger partial charge in [-0.3, -0.25) is 4.79 Å². The molecular weight excluding hydrogens is 220 g/mol. The quantitative estimate of drug-likeness (QED) is 0.720. The highest BCUT2D eigenvalue weighted by atomic mass is 32.2. The van der Waals surface area contributed by atoms with Crippen molar-refractivity contribution in [2.24, 2.45) is 5.92 Å². The molecule has 1 rings (SSSR count). The second-order valence-electron chi connectivity index (χ2n) is 4.46. The molecule has 94 valence electrons. The van der Waals surface area contributed by atoms with E-state index in [9.17, 15) is 4.79 Å². The number of amides is 1. The molecule has 1 N–H and O–H groups in total. The van der Waals surface area contributed by atoms with E-state index in [4.69, 9.17) is 0 Å². The van der Waals surface area contributed by atoms with E-state index in [0.717, 1.165) is 38.2 Å². The summed E-state index contributed by atoms with van der Waals surface area (Å²) in [6, 6.07) is 0. The molecular formula is C12H24N2OS. The minimum atomic E-state index is 0.333. The lowest BCUT2D eigenvalue weighted by Crippen LogP contribution is -2.43. The molecule has 0 spiro atoms. The first-order valence-electron chi connectivity index (χ1n) is 6.28. The Labute approximate surface area is 103 Å². The fraction of sp³-hybridized carbons (Fsp3) is 0.917. The number of rotatable bonds is 6. The number of nitrogens with zero attached hydrogens (tertiary/aromatic N) is 1. The molecule has 0 saturated carbocycles. The lowest BCUT2D eigenvalue weighted by atomic mass is 9.98. The number of hydrogen-bond donors (Lipinski definition) is 1. The maximum atomic E-state index is 11.9. The third-order valence-corrected chi connectivity index (χ3v) is 4.09. The lowest BCUT2D eigenvalue weighted by Gasteiger charge is -2.32. The molecule has 1 unspecified atom stereocenters. The van der Waals surface area contributed by atoms with Crippen molar-refractivity contribution in [1.82, 2.24) is 10.2 Å². The molecule has 1 aliphatic rings. The van der Waals surface area contributed by atoms with Gasteiger partial charge < -0.3 is 10.2 Å². The van der Waals surface area contributed by atoms with Crippen LogP contribution < -0.4 is 5.32 Å². The van der Waals surface area contributed by atoms with Crippen LogP contribution in [0.15, 0.2) is 0 Å². The summed E-state index contributed by atoms with van der Waals surface area (Å²) in [6.45, 7) is 5.10. The molecule has 1 fully saturated rings. The molecule has 4 heteroatoms. The van der Waals surface area contributed by atoms with Gasteiger partial charge in [0.05, 0.1) is 5.75 Å². The molecule has 0 radical (unpaired) electrons. The standard InChI is InChI=1S/C12H24N2OS/c1-3-7-16-10-12(15)14-6-4-5-11(9-14)8-13-2/h11,13H,3-10H2,1-2H3. The van der Waals surface area contributed by atoms with Crippen molar-refractivity contribution < 1.29 is 4.79 Å². The Kier molecular flexibility index (Phi) is 6.88. The Morgan fingerprint density at radius 1 is 1.56 bits per heavy atom. The van der Waals surface area contributed by atoms with Gasteiger partial charge in [0.15, 0.2) is 0 Å². The maximum absolute atomic E-state index is 11.9. The van der Waals surface area contributed by atoms with Crippen LogP contribution in [0.4, 0.5) is 0 Å². The highest BCUT2D eigenvalue weighted by Crippen LogP contribution is 2.17. The van der Waals surface area contributed by atoms with Gasteiger partial charge in [0.1, 0.15) is 0 Å². The molecule has 0 aliphatic carbocycles. The molecule has 3 nitrogen and oxygen atoms in total. The summed E-state index contributed by atoms with van der Waals surface area (Å²) in [5, 5.41) is 3.21. The van der Waals surface area contributed by atoms with Crippen LogP contribution in [0.3, 0.4) is 0 Å². The summed E-state index contributed by atoms with van der Waals surface area (Å²) >= 11 is 1.76. The van der Waals surface area contributed by atoms with E-state index in [0.29, 0.717) is 17.6 Å². The predicted octanol–water partition coefficient (Wildman–Crippen LogP) is 1.59. The summed E-state index contributed by atoms with van der Waals surface area (Å²) in [4.78, 5) is 14.0. The Morgan fingerprint density at radius 2 is 2.38 bits per heavy atom. The zero-order valence-corrected chi connectivity index (χ0v) is 11.3. The van der Waals surface area contributed by atoms with E-state index in [1.54, 1.807) is 11.8 Å². The van der Waals surface area contributed by atoms with Crippen molar-refractivity contribution in [2.45, 2.75) is 26.2 Å². The van der Waals surface area contributed by atoms with Gasteiger partial charge in [0, 0.05) is 13.1 Å². The molecule has 0 aromatic carbocycles. The lowest BCUT2D eigenvalue weighted by molar-refractivity contribution is -0.130. The summed E-state index contributed by atoms with van der Waals surface area (Å²) in [6.07, 6.45) is 3.57. The van der Waals surface area contributed by atoms with Crippen LogP contribution >= 0.6 is 11.8 Å². The van der Waals surface area contributed by atoms with Gasteiger partial charge in [0.25, 0.3) is 0 Å². The third-order valence-electron chi connectivity index (χ3n) is 2.94. The molecule has 16 heavy (non-hydrogen) atoms. The maximum Gasteiger partial charge on any atom is 0.232 e. The highest BCUT2D eigenvalue weighted by Gasteiger charge is 2.22.